The maximum Gasteiger partial charge on any atom is 0.335 e. The van der Waals surface area contributed by atoms with Crippen molar-refractivity contribution in [1.29, 1.82) is 5.26 Å². The van der Waals surface area contributed by atoms with Crippen LogP contribution in [0.3, 0.4) is 0 Å². The zero-order valence-corrected chi connectivity index (χ0v) is 21.4. The Kier molecular flexibility index (Phi) is 7.35. The van der Waals surface area contributed by atoms with Crippen molar-refractivity contribution >= 4 is 36.0 Å². The summed E-state index contributed by atoms with van der Waals surface area (Å²) in [6.07, 6.45) is 3.88. The second-order valence-electron chi connectivity index (χ2n) is 8.83. The van der Waals surface area contributed by atoms with Crippen LogP contribution in [-0.2, 0) is 9.59 Å². The fourth-order valence-electron chi connectivity index (χ4n) is 4.98. The van der Waals surface area contributed by atoms with Gasteiger partial charge in [-0.2, -0.15) is 9.94 Å². The Hall–Kier alpha value is -5.34. The number of rotatable bonds is 7. The number of carboxylic acids is 1. The van der Waals surface area contributed by atoms with Gasteiger partial charge in [0.15, 0.2) is 0 Å². The number of benzene rings is 3. The lowest BCUT2D eigenvalue weighted by atomic mass is 9.79. The molecule has 0 fully saturated rings. The molecule has 0 aliphatic carbocycles. The van der Waals surface area contributed by atoms with Crippen LogP contribution in [0.2, 0.25) is 5.02 Å². The molecule has 2 amide bonds. The van der Waals surface area contributed by atoms with Crippen LogP contribution in [0.4, 0.5) is 0 Å². The first-order chi connectivity index (χ1) is 19.4. The van der Waals surface area contributed by atoms with Crippen molar-refractivity contribution in [3.05, 3.63) is 111 Å². The predicted molar refractivity (Wildman–Crippen MR) is 143 cm³/mol. The molecule has 1 aliphatic rings. The van der Waals surface area contributed by atoms with Gasteiger partial charge in [0.05, 0.1) is 22.9 Å². The Morgan fingerprint density at radius 3 is 2.65 bits per heavy atom. The number of carbonyl (C=O) groups excluding carboxylic acids is 2. The number of hydrogen-bond acceptors (Lipinski definition) is 7. The van der Waals surface area contributed by atoms with Crippen molar-refractivity contribution in [1.82, 2.24) is 30.4 Å². The van der Waals surface area contributed by atoms with Crippen molar-refractivity contribution in [2.24, 2.45) is 0 Å². The van der Waals surface area contributed by atoms with Crippen molar-refractivity contribution in [2.45, 2.75) is 12.1 Å². The van der Waals surface area contributed by atoms with Crippen molar-refractivity contribution in [2.75, 3.05) is 6.54 Å². The Balaban J connectivity index is 1.60. The average molecular weight is 554 g/mol. The Labute approximate surface area is 232 Å². The molecule has 2 unspecified atom stereocenters. The Morgan fingerprint density at radius 2 is 1.93 bits per heavy atom. The van der Waals surface area contributed by atoms with E-state index in [2.05, 4.69) is 26.9 Å². The van der Waals surface area contributed by atoms with E-state index in [1.54, 1.807) is 60.7 Å². The molecule has 198 valence electrons. The van der Waals surface area contributed by atoms with Gasteiger partial charge in [-0.1, -0.05) is 41.9 Å². The van der Waals surface area contributed by atoms with E-state index in [9.17, 15) is 24.8 Å². The first-order valence-electron chi connectivity index (χ1n) is 12.0. The summed E-state index contributed by atoms with van der Waals surface area (Å²) in [6.45, 7) is 0.0000653. The van der Waals surface area contributed by atoms with Crippen molar-refractivity contribution in [3.8, 4) is 11.8 Å². The number of tetrazole rings is 1. The number of fused-ring (bicyclic) bond motifs is 1. The summed E-state index contributed by atoms with van der Waals surface area (Å²) >= 11 is 6.21. The third-order valence-corrected chi connectivity index (χ3v) is 6.90. The second-order valence-corrected chi connectivity index (χ2v) is 9.27. The van der Waals surface area contributed by atoms with Gasteiger partial charge in [-0.25, -0.2) is 4.79 Å². The van der Waals surface area contributed by atoms with Crippen LogP contribution in [0.15, 0.2) is 73.1 Å². The molecule has 4 aromatic rings. The number of aromatic carboxylic acids is 1. The van der Waals surface area contributed by atoms with Gasteiger partial charge >= 0.3 is 5.97 Å². The highest BCUT2D eigenvalue weighted by molar-refractivity contribution is 6.30. The summed E-state index contributed by atoms with van der Waals surface area (Å²) in [5.41, 5.74) is 3.04. The molecule has 1 aliphatic heterocycles. The number of nitrogens with one attached hydrogen (secondary N) is 1. The van der Waals surface area contributed by atoms with Crippen LogP contribution >= 0.6 is 11.6 Å². The summed E-state index contributed by atoms with van der Waals surface area (Å²) in [5.74, 6) is -2.25. The molecule has 12 heteroatoms. The lowest BCUT2D eigenvalue weighted by Crippen LogP contribution is -2.47. The molecule has 2 atom stereocenters. The van der Waals surface area contributed by atoms with E-state index in [1.165, 1.54) is 28.1 Å². The van der Waals surface area contributed by atoms with Crippen LogP contribution in [0.5, 0.6) is 0 Å². The molecule has 5 rings (SSSR count). The predicted octanol–water partition coefficient (Wildman–Crippen LogP) is 3.32. The molecule has 0 bridgehead atoms. The van der Waals surface area contributed by atoms with Gasteiger partial charge in [-0.05, 0) is 63.5 Å². The minimum atomic E-state index is -1.13. The average Bonchev–Trinajstić information content (AvgIpc) is 3.50. The molecule has 0 spiro atoms. The number of nitrogens with zero attached hydrogens (tertiary/aromatic N) is 6. The SMILES string of the molecule is N#Cc1cccc2c1C(c1ccccc1C(=O)O)CN(C(=O)/C=C/c1cc(Cl)ccc1-n1cnnn1)C2NC=O. The minimum Gasteiger partial charge on any atom is -0.478 e. The molecular weight excluding hydrogens is 534 g/mol. The number of halogens is 1. The standard InChI is InChI=1S/C28H20ClN7O4/c29-19-9-10-24(36-15-32-33-34-36)17(12-19)8-11-25(38)35-14-23(20-5-1-2-6-21(20)28(39)40)26-18(13-30)4-3-7-22(26)27(35)31-16-37/h1-12,15-16,23,27H,14H2,(H,31,37)(H,39,40)/b11-8+. The number of carbonyl (C=O) groups is 3. The molecule has 3 aromatic carbocycles. The van der Waals surface area contributed by atoms with Gasteiger partial charge in [0, 0.05) is 29.1 Å². The molecule has 0 saturated heterocycles. The fraction of sp³-hybridized carbons (Fsp3) is 0.107. The van der Waals surface area contributed by atoms with E-state index in [0.717, 1.165) is 0 Å². The van der Waals surface area contributed by atoms with Crippen LogP contribution < -0.4 is 5.32 Å². The highest BCUT2D eigenvalue weighted by Crippen LogP contribution is 2.41. The third-order valence-electron chi connectivity index (χ3n) is 6.66. The summed E-state index contributed by atoms with van der Waals surface area (Å²) < 4.78 is 1.43. The quantitative estimate of drug-likeness (QED) is 0.261. The monoisotopic (exact) mass is 553 g/mol. The van der Waals surface area contributed by atoms with Crippen molar-refractivity contribution < 1.29 is 19.5 Å². The molecular formula is C28H20ClN7O4. The van der Waals surface area contributed by atoms with E-state index in [4.69, 9.17) is 11.6 Å². The van der Waals surface area contributed by atoms with E-state index in [-0.39, 0.29) is 12.1 Å². The molecule has 0 radical (unpaired) electrons. The fourth-order valence-corrected chi connectivity index (χ4v) is 5.16. The maximum atomic E-state index is 13.7. The van der Waals surface area contributed by atoms with Crippen LogP contribution in [0.1, 0.15) is 50.3 Å². The van der Waals surface area contributed by atoms with E-state index < -0.39 is 24.0 Å². The molecule has 11 nitrogen and oxygen atoms in total. The first kappa shape index (κ1) is 26.3. The van der Waals surface area contributed by atoms with E-state index in [1.807, 2.05) is 0 Å². The third kappa shape index (κ3) is 4.91. The molecule has 2 N–H and O–H groups in total. The molecule has 2 heterocycles. The van der Waals surface area contributed by atoms with Gasteiger partial charge in [0.25, 0.3) is 0 Å². The van der Waals surface area contributed by atoms with Crippen LogP contribution in [0.25, 0.3) is 11.8 Å². The zero-order valence-electron chi connectivity index (χ0n) is 20.7. The second kappa shape index (κ2) is 11.2. The Morgan fingerprint density at radius 1 is 1.12 bits per heavy atom. The summed E-state index contributed by atoms with van der Waals surface area (Å²) in [4.78, 5) is 38.9. The van der Waals surface area contributed by atoms with Gasteiger partial charge in [0.2, 0.25) is 12.3 Å². The van der Waals surface area contributed by atoms with E-state index >= 15 is 0 Å². The number of hydrogen-bond donors (Lipinski definition) is 2. The highest BCUT2D eigenvalue weighted by atomic mass is 35.5. The lowest BCUT2D eigenvalue weighted by Gasteiger charge is -2.41. The summed E-state index contributed by atoms with van der Waals surface area (Å²) in [7, 11) is 0. The number of amides is 2. The van der Waals surface area contributed by atoms with E-state index in [0.29, 0.717) is 44.9 Å². The number of aromatic nitrogens is 4. The zero-order chi connectivity index (χ0) is 28.2. The van der Waals surface area contributed by atoms with Crippen molar-refractivity contribution in [3.63, 3.8) is 0 Å². The van der Waals surface area contributed by atoms with Gasteiger partial charge < -0.3 is 15.3 Å². The number of nitriles is 1. The van der Waals surface area contributed by atoms with Crippen LogP contribution in [0, 0.1) is 11.3 Å². The largest absolute Gasteiger partial charge is 0.478 e. The molecule has 40 heavy (non-hydrogen) atoms. The topological polar surface area (TPSA) is 154 Å². The molecule has 0 saturated carbocycles. The minimum absolute atomic E-state index is 0.0000653. The number of carboxylic acid groups (broad SMARTS) is 1. The highest BCUT2D eigenvalue weighted by Gasteiger charge is 2.38. The van der Waals surface area contributed by atoms with Gasteiger partial charge in [0.1, 0.15) is 12.5 Å². The maximum absolute atomic E-state index is 13.7. The van der Waals surface area contributed by atoms with Gasteiger partial charge in [-0.15, -0.1) is 5.10 Å². The van der Waals surface area contributed by atoms with Gasteiger partial charge in [-0.3, -0.25) is 9.59 Å². The molecule has 1 aromatic heterocycles. The Bertz CT molecular complexity index is 1680. The van der Waals surface area contributed by atoms with Crippen LogP contribution in [-0.4, -0.2) is 55.0 Å². The summed E-state index contributed by atoms with van der Waals surface area (Å²) in [5, 5.41) is 34.1. The smallest absolute Gasteiger partial charge is 0.335 e. The lowest BCUT2D eigenvalue weighted by molar-refractivity contribution is -0.130. The first-order valence-corrected chi connectivity index (χ1v) is 12.4. The normalized spacial score (nSPS) is 16.2. The summed E-state index contributed by atoms with van der Waals surface area (Å²) in [6, 6.07) is 18.7.